The molecule has 2 aromatic carbocycles. The van der Waals surface area contributed by atoms with E-state index in [9.17, 15) is 22.8 Å². The van der Waals surface area contributed by atoms with Crippen molar-refractivity contribution < 1.29 is 13.2 Å². The molecule has 0 radical (unpaired) electrons. The summed E-state index contributed by atoms with van der Waals surface area (Å²) in [6.45, 7) is 4.58. The molecular formula is C21H22N4O5S. The van der Waals surface area contributed by atoms with Crippen molar-refractivity contribution in [3.8, 4) is 0 Å². The van der Waals surface area contributed by atoms with Gasteiger partial charge in [-0.15, -0.1) is 0 Å². The number of H-pyrrole nitrogens is 2. The second-order valence-corrected chi connectivity index (χ2v) is 9.54. The molecule has 0 bridgehead atoms. The lowest BCUT2D eigenvalue weighted by atomic mass is 10.1. The standard InChI is InChI=1S/C21H22N4O5S/c1-13-3-6-18(14(2)11-13)31(29,30)25-9-7-24(8-10-25)21(28)15-4-5-16-17(12-15)23-20(27)19(26)22-16/h3-6,11-12H,7-10H2,1-2H3,(H,22,26)(H,23,27). The van der Waals surface area contributed by atoms with Crippen molar-refractivity contribution in [2.75, 3.05) is 26.2 Å². The normalized spacial score (nSPS) is 15.4. The minimum atomic E-state index is -3.64. The fourth-order valence-corrected chi connectivity index (χ4v) is 5.42. The number of sulfonamides is 1. The van der Waals surface area contributed by atoms with Gasteiger partial charge in [0.15, 0.2) is 0 Å². The number of hydrogen-bond donors (Lipinski definition) is 2. The van der Waals surface area contributed by atoms with Crippen LogP contribution in [0, 0.1) is 13.8 Å². The number of benzene rings is 2. The first-order valence-corrected chi connectivity index (χ1v) is 11.2. The predicted octanol–water partition coefficient (Wildman–Crippen LogP) is 0.980. The van der Waals surface area contributed by atoms with Crippen molar-refractivity contribution in [3.05, 3.63) is 73.8 Å². The Morgan fingerprint density at radius 3 is 2.16 bits per heavy atom. The highest BCUT2D eigenvalue weighted by molar-refractivity contribution is 7.89. The number of nitrogens with zero attached hydrogens (tertiary/aromatic N) is 2. The number of aryl methyl sites for hydroxylation is 2. The quantitative estimate of drug-likeness (QED) is 0.586. The van der Waals surface area contributed by atoms with Crippen molar-refractivity contribution in [2.24, 2.45) is 0 Å². The zero-order valence-electron chi connectivity index (χ0n) is 17.1. The van der Waals surface area contributed by atoms with Crippen molar-refractivity contribution in [2.45, 2.75) is 18.7 Å². The Kier molecular flexibility index (Phi) is 5.28. The number of hydrogen-bond acceptors (Lipinski definition) is 5. The molecule has 2 heterocycles. The van der Waals surface area contributed by atoms with Crippen LogP contribution in [0.25, 0.3) is 11.0 Å². The van der Waals surface area contributed by atoms with Crippen molar-refractivity contribution in [3.63, 3.8) is 0 Å². The van der Waals surface area contributed by atoms with E-state index in [1.807, 2.05) is 13.0 Å². The largest absolute Gasteiger partial charge is 0.336 e. The zero-order valence-corrected chi connectivity index (χ0v) is 18.0. The van der Waals surface area contributed by atoms with E-state index in [0.29, 0.717) is 22.2 Å². The van der Waals surface area contributed by atoms with Crippen molar-refractivity contribution in [1.82, 2.24) is 19.2 Å². The molecule has 10 heteroatoms. The molecule has 0 spiro atoms. The third-order valence-corrected chi connectivity index (χ3v) is 7.50. The Balaban J connectivity index is 1.51. The SMILES string of the molecule is Cc1ccc(S(=O)(=O)N2CCN(C(=O)c3ccc4[nH]c(=O)c(=O)[nH]c4c3)CC2)c(C)c1. The number of carbonyl (C=O) groups excluding carboxylic acids is 1. The Labute approximate surface area is 178 Å². The molecule has 0 aliphatic carbocycles. The molecule has 9 nitrogen and oxygen atoms in total. The number of rotatable bonds is 3. The molecule has 1 amide bonds. The number of fused-ring (bicyclic) bond motifs is 1. The van der Waals surface area contributed by atoms with E-state index in [1.165, 1.54) is 10.4 Å². The maximum atomic E-state index is 13.0. The minimum absolute atomic E-state index is 0.194. The smallest absolute Gasteiger partial charge is 0.314 e. The van der Waals surface area contributed by atoms with Gasteiger partial charge in [0.2, 0.25) is 10.0 Å². The van der Waals surface area contributed by atoms with Crippen LogP contribution in [0.2, 0.25) is 0 Å². The third kappa shape index (κ3) is 3.91. The maximum absolute atomic E-state index is 13.0. The second-order valence-electron chi connectivity index (χ2n) is 7.63. The lowest BCUT2D eigenvalue weighted by molar-refractivity contribution is 0.0698. The van der Waals surface area contributed by atoms with Gasteiger partial charge in [0.25, 0.3) is 5.91 Å². The van der Waals surface area contributed by atoms with Gasteiger partial charge in [0, 0.05) is 31.7 Å². The molecule has 4 rings (SSSR count). The van der Waals surface area contributed by atoms with Crippen LogP contribution in [-0.2, 0) is 10.0 Å². The second kappa shape index (κ2) is 7.78. The maximum Gasteiger partial charge on any atom is 0.314 e. The van der Waals surface area contributed by atoms with Crippen LogP contribution in [0.5, 0.6) is 0 Å². The van der Waals surface area contributed by atoms with Gasteiger partial charge in [-0.2, -0.15) is 4.31 Å². The molecule has 0 unspecified atom stereocenters. The lowest BCUT2D eigenvalue weighted by Gasteiger charge is -2.34. The van der Waals surface area contributed by atoms with Crippen LogP contribution in [0.3, 0.4) is 0 Å². The van der Waals surface area contributed by atoms with E-state index in [0.717, 1.165) is 5.56 Å². The van der Waals surface area contributed by atoms with Crippen LogP contribution in [0.15, 0.2) is 50.9 Å². The van der Waals surface area contributed by atoms with Crippen LogP contribution < -0.4 is 11.1 Å². The van der Waals surface area contributed by atoms with Gasteiger partial charge in [0.1, 0.15) is 0 Å². The average Bonchev–Trinajstić information content (AvgIpc) is 2.73. The number of piperazine rings is 1. The minimum Gasteiger partial charge on any atom is -0.336 e. The van der Waals surface area contributed by atoms with Gasteiger partial charge >= 0.3 is 11.1 Å². The van der Waals surface area contributed by atoms with Crippen LogP contribution >= 0.6 is 0 Å². The highest BCUT2D eigenvalue weighted by Crippen LogP contribution is 2.23. The topological polar surface area (TPSA) is 123 Å². The van der Waals surface area contributed by atoms with Crippen LogP contribution in [-0.4, -0.2) is 59.7 Å². The van der Waals surface area contributed by atoms with E-state index in [-0.39, 0.29) is 37.0 Å². The van der Waals surface area contributed by atoms with Gasteiger partial charge < -0.3 is 14.9 Å². The summed E-state index contributed by atoms with van der Waals surface area (Å²) in [5.41, 5.74) is 1.27. The first kappa shape index (κ1) is 21.0. The molecule has 1 saturated heterocycles. The molecule has 1 fully saturated rings. The molecule has 31 heavy (non-hydrogen) atoms. The summed E-state index contributed by atoms with van der Waals surface area (Å²) in [5, 5.41) is 0. The summed E-state index contributed by atoms with van der Waals surface area (Å²) in [6.07, 6.45) is 0. The highest BCUT2D eigenvalue weighted by atomic mass is 32.2. The van der Waals surface area contributed by atoms with Crippen LogP contribution in [0.1, 0.15) is 21.5 Å². The highest BCUT2D eigenvalue weighted by Gasteiger charge is 2.31. The molecule has 1 aliphatic heterocycles. The summed E-state index contributed by atoms with van der Waals surface area (Å²) in [7, 11) is -3.64. The van der Waals surface area contributed by atoms with Crippen molar-refractivity contribution in [1.29, 1.82) is 0 Å². The average molecular weight is 442 g/mol. The van der Waals surface area contributed by atoms with Gasteiger partial charge in [-0.1, -0.05) is 17.7 Å². The van der Waals surface area contributed by atoms with Gasteiger partial charge in [-0.05, 0) is 43.7 Å². The Bertz CT molecular complexity index is 1400. The summed E-state index contributed by atoms with van der Waals surface area (Å²) in [4.78, 5) is 42.6. The number of amides is 1. The van der Waals surface area contributed by atoms with Crippen molar-refractivity contribution >= 4 is 27.0 Å². The molecule has 2 N–H and O–H groups in total. The predicted molar refractivity (Wildman–Crippen MR) is 116 cm³/mol. The zero-order chi connectivity index (χ0) is 22.3. The van der Waals surface area contributed by atoms with E-state index in [2.05, 4.69) is 9.97 Å². The first-order valence-electron chi connectivity index (χ1n) is 9.80. The fraction of sp³-hybridized carbons (Fsp3) is 0.286. The summed E-state index contributed by atoms with van der Waals surface area (Å²) in [6, 6.07) is 9.87. The Hall–Kier alpha value is -3.24. The number of carbonyl (C=O) groups is 1. The summed E-state index contributed by atoms with van der Waals surface area (Å²) < 4.78 is 27.5. The van der Waals surface area contributed by atoms with Gasteiger partial charge in [-0.3, -0.25) is 14.4 Å². The molecule has 3 aromatic rings. The van der Waals surface area contributed by atoms with Gasteiger partial charge in [0.05, 0.1) is 15.9 Å². The number of aromatic amines is 2. The Morgan fingerprint density at radius 2 is 1.52 bits per heavy atom. The van der Waals surface area contributed by atoms with E-state index < -0.39 is 21.1 Å². The fourth-order valence-electron chi connectivity index (χ4n) is 3.79. The molecule has 162 valence electrons. The van der Waals surface area contributed by atoms with Gasteiger partial charge in [-0.25, -0.2) is 8.42 Å². The molecule has 1 aliphatic rings. The van der Waals surface area contributed by atoms with E-state index >= 15 is 0 Å². The molecule has 1 aromatic heterocycles. The first-order chi connectivity index (χ1) is 14.7. The summed E-state index contributed by atoms with van der Waals surface area (Å²) in [5.74, 6) is -0.266. The lowest BCUT2D eigenvalue weighted by Crippen LogP contribution is -2.50. The molecule has 0 atom stereocenters. The monoisotopic (exact) mass is 442 g/mol. The number of nitrogens with one attached hydrogen (secondary N) is 2. The third-order valence-electron chi connectivity index (χ3n) is 5.44. The molecule has 0 saturated carbocycles. The van der Waals surface area contributed by atoms with E-state index in [4.69, 9.17) is 0 Å². The van der Waals surface area contributed by atoms with E-state index in [1.54, 1.807) is 36.1 Å². The summed E-state index contributed by atoms with van der Waals surface area (Å²) >= 11 is 0. The van der Waals surface area contributed by atoms with Crippen LogP contribution in [0.4, 0.5) is 0 Å². The Morgan fingerprint density at radius 1 is 0.871 bits per heavy atom. The number of aromatic nitrogens is 2. The molecular weight excluding hydrogens is 420 g/mol.